The number of hydrogen-bond donors (Lipinski definition) is 0. The first kappa shape index (κ1) is 20.2. The summed E-state index contributed by atoms with van der Waals surface area (Å²) >= 11 is 0. The van der Waals surface area contributed by atoms with Gasteiger partial charge in [0, 0.05) is 26.2 Å². The average molecular weight is 410 g/mol. The Morgan fingerprint density at radius 3 is 2.39 bits per heavy atom. The van der Waals surface area contributed by atoms with Gasteiger partial charge in [-0.3, -0.25) is 4.79 Å². The molecule has 1 heterocycles. The summed E-state index contributed by atoms with van der Waals surface area (Å²) in [5.74, 6) is -1.28. The normalized spacial score (nSPS) is 15.5. The maximum Gasteiger partial charge on any atom is 0.243 e. The molecular weight excluding hydrogens is 390 g/mol. The van der Waals surface area contributed by atoms with Crippen LogP contribution in [0.25, 0.3) is 0 Å². The van der Waals surface area contributed by atoms with Crippen molar-refractivity contribution >= 4 is 15.9 Å². The largest absolute Gasteiger partial charge is 0.494 e. The Morgan fingerprint density at radius 2 is 1.79 bits per heavy atom. The van der Waals surface area contributed by atoms with Gasteiger partial charge in [-0.05, 0) is 35.9 Å². The molecule has 0 unspecified atom stereocenters. The number of ether oxygens (including phenoxy) is 1. The van der Waals surface area contributed by atoms with E-state index in [-0.39, 0.29) is 49.2 Å². The van der Waals surface area contributed by atoms with Crippen molar-refractivity contribution in [2.24, 2.45) is 0 Å². The molecule has 1 amide bonds. The molecule has 0 N–H and O–H groups in total. The Labute approximate surface area is 162 Å². The monoisotopic (exact) mass is 410 g/mol. The second-order valence-corrected chi connectivity index (χ2v) is 8.33. The third-order valence-electron chi connectivity index (χ3n) is 4.60. The van der Waals surface area contributed by atoms with Crippen LogP contribution in [0.1, 0.15) is 5.56 Å². The van der Waals surface area contributed by atoms with Gasteiger partial charge in [-0.15, -0.1) is 0 Å². The zero-order chi connectivity index (χ0) is 20.3. The Balaban J connectivity index is 1.62. The van der Waals surface area contributed by atoms with Gasteiger partial charge >= 0.3 is 0 Å². The van der Waals surface area contributed by atoms with E-state index in [2.05, 4.69) is 0 Å². The van der Waals surface area contributed by atoms with Crippen molar-refractivity contribution in [1.82, 2.24) is 9.21 Å². The van der Waals surface area contributed by atoms with Crippen LogP contribution in [0.15, 0.2) is 47.4 Å². The molecule has 1 aliphatic heterocycles. The Morgan fingerprint density at radius 1 is 1.07 bits per heavy atom. The van der Waals surface area contributed by atoms with Gasteiger partial charge in [0.25, 0.3) is 0 Å². The molecule has 150 valence electrons. The zero-order valence-electron chi connectivity index (χ0n) is 15.3. The molecule has 3 rings (SSSR count). The Hall–Kier alpha value is -2.52. The summed E-state index contributed by atoms with van der Waals surface area (Å²) in [7, 11) is -2.45. The molecule has 0 bridgehead atoms. The van der Waals surface area contributed by atoms with Gasteiger partial charge < -0.3 is 9.64 Å². The van der Waals surface area contributed by atoms with Crippen LogP contribution in [-0.4, -0.2) is 56.8 Å². The van der Waals surface area contributed by atoms with E-state index in [9.17, 15) is 22.0 Å². The van der Waals surface area contributed by atoms with Gasteiger partial charge in [0.2, 0.25) is 15.9 Å². The van der Waals surface area contributed by atoms with E-state index in [0.29, 0.717) is 5.56 Å². The molecule has 0 atom stereocenters. The summed E-state index contributed by atoms with van der Waals surface area (Å²) in [4.78, 5) is 13.9. The second kappa shape index (κ2) is 8.24. The summed E-state index contributed by atoms with van der Waals surface area (Å²) in [5, 5.41) is 0. The molecular formula is C19H20F2N2O4S. The van der Waals surface area contributed by atoms with Gasteiger partial charge in [0.15, 0.2) is 11.6 Å². The molecule has 28 heavy (non-hydrogen) atoms. The third kappa shape index (κ3) is 4.31. The molecule has 0 radical (unpaired) electrons. The summed E-state index contributed by atoms with van der Waals surface area (Å²) in [5.41, 5.74) is 0.512. The highest BCUT2D eigenvalue weighted by atomic mass is 32.2. The van der Waals surface area contributed by atoms with Crippen LogP contribution in [0.2, 0.25) is 0 Å². The van der Waals surface area contributed by atoms with Gasteiger partial charge in [0.1, 0.15) is 5.82 Å². The summed E-state index contributed by atoms with van der Waals surface area (Å²) < 4.78 is 58.4. The molecule has 0 spiro atoms. The lowest BCUT2D eigenvalue weighted by Crippen LogP contribution is -2.50. The van der Waals surface area contributed by atoms with E-state index in [4.69, 9.17) is 4.74 Å². The third-order valence-corrected chi connectivity index (χ3v) is 6.49. The number of nitrogens with zero attached hydrogens (tertiary/aromatic N) is 2. The number of halogens is 2. The SMILES string of the molecule is COc1ccc(CC(=O)N2CCN(S(=O)(=O)c3cccc(F)c3)CC2)cc1F. The summed E-state index contributed by atoms with van der Waals surface area (Å²) in [6.45, 7) is 0.654. The van der Waals surface area contributed by atoms with Crippen LogP contribution >= 0.6 is 0 Å². The lowest BCUT2D eigenvalue weighted by atomic mass is 10.1. The van der Waals surface area contributed by atoms with E-state index < -0.39 is 21.7 Å². The van der Waals surface area contributed by atoms with Crippen LogP contribution in [0.3, 0.4) is 0 Å². The van der Waals surface area contributed by atoms with Crippen molar-refractivity contribution in [3.8, 4) is 5.75 Å². The van der Waals surface area contributed by atoms with Crippen molar-refractivity contribution in [1.29, 1.82) is 0 Å². The van der Waals surface area contributed by atoms with Crippen LogP contribution in [0.4, 0.5) is 8.78 Å². The van der Waals surface area contributed by atoms with Crippen LogP contribution in [0.5, 0.6) is 5.75 Å². The Bertz CT molecular complexity index is 974. The maximum atomic E-state index is 13.8. The number of piperazine rings is 1. The molecule has 0 aliphatic carbocycles. The van der Waals surface area contributed by atoms with Crippen molar-refractivity contribution in [3.63, 3.8) is 0 Å². The predicted octanol–water partition coefficient (Wildman–Crippen LogP) is 2.05. The first-order chi connectivity index (χ1) is 13.3. The molecule has 6 nitrogen and oxygen atoms in total. The van der Waals surface area contributed by atoms with Gasteiger partial charge in [0.05, 0.1) is 18.4 Å². The molecule has 0 saturated carbocycles. The van der Waals surface area contributed by atoms with Gasteiger partial charge in [-0.25, -0.2) is 17.2 Å². The molecule has 9 heteroatoms. The number of methoxy groups -OCH3 is 1. The Kier molecular flexibility index (Phi) is 5.95. The van der Waals surface area contributed by atoms with E-state index in [0.717, 1.165) is 6.07 Å². The number of amides is 1. The van der Waals surface area contributed by atoms with E-state index in [1.165, 1.54) is 41.7 Å². The maximum absolute atomic E-state index is 13.8. The molecule has 0 aromatic heterocycles. The highest BCUT2D eigenvalue weighted by molar-refractivity contribution is 7.89. The minimum absolute atomic E-state index is 0.0115. The number of sulfonamides is 1. The number of benzene rings is 2. The predicted molar refractivity (Wildman–Crippen MR) is 98.4 cm³/mol. The standard InChI is InChI=1S/C19H20F2N2O4S/c1-27-18-6-5-14(11-17(18)21)12-19(24)22-7-9-23(10-8-22)28(25,26)16-4-2-3-15(20)13-16/h2-6,11,13H,7-10,12H2,1H3. The van der Waals surface area contributed by atoms with Crippen LogP contribution < -0.4 is 4.74 Å². The van der Waals surface area contributed by atoms with Gasteiger partial charge in [-0.2, -0.15) is 4.31 Å². The highest BCUT2D eigenvalue weighted by Crippen LogP contribution is 2.20. The minimum atomic E-state index is -3.81. The van der Waals surface area contributed by atoms with E-state index in [1.807, 2.05) is 0 Å². The smallest absolute Gasteiger partial charge is 0.243 e. The number of hydrogen-bond acceptors (Lipinski definition) is 4. The molecule has 1 saturated heterocycles. The molecule has 1 aliphatic rings. The minimum Gasteiger partial charge on any atom is -0.494 e. The zero-order valence-corrected chi connectivity index (χ0v) is 16.1. The molecule has 2 aromatic carbocycles. The second-order valence-electron chi connectivity index (χ2n) is 6.39. The summed E-state index contributed by atoms with van der Waals surface area (Å²) in [6.07, 6.45) is 0.0115. The lowest BCUT2D eigenvalue weighted by molar-refractivity contribution is -0.131. The molecule has 2 aromatic rings. The quantitative estimate of drug-likeness (QED) is 0.757. The van der Waals surface area contributed by atoms with Crippen LogP contribution in [-0.2, 0) is 21.2 Å². The fourth-order valence-electron chi connectivity index (χ4n) is 3.06. The van der Waals surface area contributed by atoms with Gasteiger partial charge in [-0.1, -0.05) is 12.1 Å². The van der Waals surface area contributed by atoms with E-state index in [1.54, 1.807) is 11.0 Å². The number of carbonyl (C=O) groups excluding carboxylic acids is 1. The first-order valence-corrected chi connectivity index (χ1v) is 10.1. The van der Waals surface area contributed by atoms with Crippen molar-refractivity contribution in [2.45, 2.75) is 11.3 Å². The van der Waals surface area contributed by atoms with E-state index >= 15 is 0 Å². The lowest BCUT2D eigenvalue weighted by Gasteiger charge is -2.34. The van der Waals surface area contributed by atoms with Crippen molar-refractivity contribution in [3.05, 3.63) is 59.7 Å². The first-order valence-electron chi connectivity index (χ1n) is 8.67. The van der Waals surface area contributed by atoms with Crippen LogP contribution in [0, 0.1) is 11.6 Å². The number of rotatable bonds is 5. The van der Waals surface area contributed by atoms with Crippen molar-refractivity contribution < 1.29 is 26.7 Å². The topological polar surface area (TPSA) is 66.9 Å². The molecule has 1 fully saturated rings. The fourth-order valence-corrected chi connectivity index (χ4v) is 4.51. The number of carbonyl (C=O) groups is 1. The summed E-state index contributed by atoms with van der Waals surface area (Å²) in [6, 6.07) is 9.17. The average Bonchev–Trinajstić information content (AvgIpc) is 2.68. The van der Waals surface area contributed by atoms with Crippen molar-refractivity contribution in [2.75, 3.05) is 33.3 Å². The highest BCUT2D eigenvalue weighted by Gasteiger charge is 2.30. The fraction of sp³-hybridized carbons (Fsp3) is 0.316.